The molecule has 0 aliphatic carbocycles. The molecule has 0 aromatic heterocycles. The van der Waals surface area contributed by atoms with Gasteiger partial charge in [0.05, 0.1) is 0 Å². The first kappa shape index (κ1) is 18.9. The Hall–Kier alpha value is -1.47. The van der Waals surface area contributed by atoms with Gasteiger partial charge < -0.3 is 0 Å². The van der Waals surface area contributed by atoms with E-state index in [-0.39, 0.29) is 0 Å². The molecule has 0 N–H and O–H groups in total. The van der Waals surface area contributed by atoms with Gasteiger partial charge in [-0.15, -0.1) is 0 Å². The molecule has 0 bridgehead atoms. The van der Waals surface area contributed by atoms with Crippen LogP contribution in [0.1, 0.15) is 11.1 Å². The van der Waals surface area contributed by atoms with Crippen LogP contribution in [0.25, 0.3) is 0 Å². The van der Waals surface area contributed by atoms with Gasteiger partial charge in [-0.3, -0.25) is 0 Å². The molecule has 1 aliphatic heterocycles. The van der Waals surface area contributed by atoms with Crippen LogP contribution in [-0.2, 0) is 13.1 Å². The van der Waals surface area contributed by atoms with Crippen molar-refractivity contribution in [1.82, 2.24) is 9.80 Å². The molecule has 1 fully saturated rings. The van der Waals surface area contributed by atoms with Gasteiger partial charge in [-0.25, -0.2) is 0 Å². The van der Waals surface area contributed by atoms with E-state index in [0.717, 1.165) is 32.3 Å². The monoisotopic (exact) mass is 440 g/mol. The fourth-order valence-corrected chi connectivity index (χ4v) is 9.43. The summed E-state index contributed by atoms with van der Waals surface area (Å²) in [6.45, 7) is 3.02. The molecule has 138 valence electrons. The quantitative estimate of drug-likeness (QED) is 0.432. The van der Waals surface area contributed by atoms with Gasteiger partial charge in [0.1, 0.15) is 0 Å². The van der Waals surface area contributed by atoms with Crippen molar-refractivity contribution in [3.63, 3.8) is 0 Å². The second-order valence-corrected chi connectivity index (χ2v) is 14.5. The third kappa shape index (κ3) is 4.88. The van der Waals surface area contributed by atoms with Crippen molar-refractivity contribution in [3.8, 4) is 0 Å². The summed E-state index contributed by atoms with van der Waals surface area (Å²) in [7, 11) is 0. The van der Waals surface area contributed by atoms with Gasteiger partial charge in [-0.2, -0.15) is 0 Å². The first-order valence-electron chi connectivity index (χ1n) is 9.38. The average Bonchev–Trinajstić information content (AvgIpc) is 2.70. The van der Waals surface area contributed by atoms with Gasteiger partial charge in [0, 0.05) is 0 Å². The Morgan fingerprint density at radius 2 is 1.04 bits per heavy atom. The van der Waals surface area contributed by atoms with Crippen molar-refractivity contribution >= 4 is 25.9 Å². The van der Waals surface area contributed by atoms with Crippen molar-refractivity contribution in [2.45, 2.75) is 13.1 Å². The van der Waals surface area contributed by atoms with Crippen LogP contribution in [0.15, 0.2) is 91.0 Å². The van der Waals surface area contributed by atoms with Crippen LogP contribution in [0.2, 0.25) is 0 Å². The Kier molecular flexibility index (Phi) is 6.07. The normalized spacial score (nSPS) is 17.6. The van der Waals surface area contributed by atoms with Crippen LogP contribution in [0.5, 0.6) is 0 Å². The second kappa shape index (κ2) is 8.69. The Morgan fingerprint density at radius 1 is 0.630 bits per heavy atom. The first-order chi connectivity index (χ1) is 13.2. The first-order valence-corrected chi connectivity index (χ1v) is 13.8. The minimum absolute atomic E-state index is 1.00. The van der Waals surface area contributed by atoms with E-state index in [4.69, 9.17) is 0 Å². The van der Waals surface area contributed by atoms with Crippen molar-refractivity contribution in [3.05, 3.63) is 102 Å². The van der Waals surface area contributed by atoms with E-state index < -0.39 is 5.51 Å². The predicted octanol–water partition coefficient (Wildman–Crippen LogP) is 4.30. The molecule has 0 unspecified atom stereocenters. The molecule has 2 nitrogen and oxygen atoms in total. The van der Waals surface area contributed by atoms with Crippen LogP contribution in [0, 0.1) is 0 Å². The van der Waals surface area contributed by atoms with Gasteiger partial charge in [-0.1, -0.05) is 0 Å². The molecule has 0 atom stereocenters. The Morgan fingerprint density at radius 3 is 1.48 bits per heavy atom. The number of hydrogen-bond acceptors (Lipinski definition) is 2. The van der Waals surface area contributed by atoms with E-state index >= 15 is 0 Å². The van der Waals surface area contributed by atoms with E-state index in [1.807, 2.05) is 0 Å². The summed E-state index contributed by atoms with van der Waals surface area (Å²) in [6.07, 6.45) is 2.27. The minimum atomic E-state index is -1.38. The molecule has 0 saturated carbocycles. The van der Waals surface area contributed by atoms with Gasteiger partial charge in [-0.05, 0) is 0 Å². The number of benzene rings is 3. The van der Waals surface area contributed by atoms with Crippen molar-refractivity contribution in [2.24, 2.45) is 0 Å². The molecular weight excluding hydrogens is 414 g/mol. The van der Waals surface area contributed by atoms with Crippen LogP contribution in [0.3, 0.4) is 0 Å². The van der Waals surface area contributed by atoms with Crippen LogP contribution < -0.4 is 5.30 Å². The van der Waals surface area contributed by atoms with Crippen LogP contribution in [-0.4, -0.2) is 44.1 Å². The standard InChI is InChI=1S/C23H25N2PSe/c27-26(23-14-8-3-9-15-23)19-24(16-21-10-4-1-5-11-21)18-25(20-26)17-22-12-6-2-7-13-22/h1-15H,16-20H2. The number of nitrogens with zero attached hydrogens (tertiary/aromatic N) is 2. The van der Waals surface area contributed by atoms with Crippen molar-refractivity contribution in [2.75, 3.05) is 19.2 Å². The molecule has 1 heterocycles. The van der Waals surface area contributed by atoms with Gasteiger partial charge in [0.25, 0.3) is 0 Å². The molecule has 4 heteroatoms. The topological polar surface area (TPSA) is 6.48 Å². The summed E-state index contributed by atoms with van der Waals surface area (Å²) in [4.78, 5) is 5.22. The Bertz CT molecular complexity index is 846. The molecule has 3 aromatic rings. The molecule has 3 aromatic carbocycles. The molecule has 1 saturated heterocycles. The Labute approximate surface area is 170 Å². The molecule has 0 amide bonds. The molecule has 1 aliphatic rings. The number of hydrogen-bond donors (Lipinski definition) is 0. The average molecular weight is 439 g/mol. The zero-order valence-electron chi connectivity index (χ0n) is 15.4. The third-order valence-electron chi connectivity index (χ3n) is 4.98. The van der Waals surface area contributed by atoms with Crippen molar-refractivity contribution in [1.29, 1.82) is 0 Å². The van der Waals surface area contributed by atoms with E-state index in [1.165, 1.54) is 16.4 Å². The zero-order chi connectivity index (χ0) is 18.5. The second-order valence-electron chi connectivity index (χ2n) is 7.28. The number of rotatable bonds is 5. The SMILES string of the molecule is [Se]=P1(c2ccccc2)CN(Cc2ccccc2)CN(Cc2ccccc2)C1. The summed E-state index contributed by atoms with van der Waals surface area (Å²) in [5, 5.41) is 1.49. The van der Waals surface area contributed by atoms with Crippen molar-refractivity contribution < 1.29 is 0 Å². The molecule has 4 rings (SSSR count). The predicted molar refractivity (Wildman–Crippen MR) is 117 cm³/mol. The van der Waals surface area contributed by atoms with Crippen LogP contribution in [0.4, 0.5) is 0 Å². The van der Waals surface area contributed by atoms with Gasteiger partial charge in [0.15, 0.2) is 0 Å². The van der Waals surface area contributed by atoms with Gasteiger partial charge >= 0.3 is 170 Å². The molecule has 0 spiro atoms. The fraction of sp³-hybridized carbons (Fsp3) is 0.217. The molecular formula is C23H25N2PSe. The Balaban J connectivity index is 1.59. The van der Waals surface area contributed by atoms with E-state index in [2.05, 4.69) is 116 Å². The maximum absolute atomic E-state index is 3.67. The van der Waals surface area contributed by atoms with E-state index in [1.54, 1.807) is 0 Å². The maximum atomic E-state index is 3.67. The zero-order valence-corrected chi connectivity index (χ0v) is 18.1. The third-order valence-corrected chi connectivity index (χ3v) is 10.7. The molecule has 0 radical (unpaired) electrons. The summed E-state index contributed by atoms with van der Waals surface area (Å²) < 4.78 is 0. The van der Waals surface area contributed by atoms with Gasteiger partial charge in [0.2, 0.25) is 0 Å². The van der Waals surface area contributed by atoms with E-state index in [0.29, 0.717) is 0 Å². The summed E-state index contributed by atoms with van der Waals surface area (Å²) in [5.41, 5.74) is 1.40. The summed E-state index contributed by atoms with van der Waals surface area (Å²) in [6, 6.07) is 32.7. The summed E-state index contributed by atoms with van der Waals surface area (Å²) in [5.74, 6) is 0. The van der Waals surface area contributed by atoms with Crippen LogP contribution >= 0.6 is 5.51 Å². The fourth-order valence-electron chi connectivity index (χ4n) is 3.81. The van der Waals surface area contributed by atoms with E-state index in [9.17, 15) is 0 Å². The molecule has 27 heavy (non-hydrogen) atoms. The summed E-state index contributed by atoms with van der Waals surface area (Å²) >= 11 is 3.67.